The van der Waals surface area contributed by atoms with Crippen molar-refractivity contribution in [3.8, 4) is 5.75 Å². The van der Waals surface area contributed by atoms with E-state index in [2.05, 4.69) is 5.32 Å². The van der Waals surface area contributed by atoms with Gasteiger partial charge in [0.25, 0.3) is 0 Å². The minimum atomic E-state index is -1.08. The Morgan fingerprint density at radius 1 is 1.08 bits per heavy atom. The predicted octanol–water partition coefficient (Wildman–Crippen LogP) is 3.89. The maximum absolute atomic E-state index is 13.6. The maximum Gasteiger partial charge on any atom is 0.310 e. The highest BCUT2D eigenvalue weighted by molar-refractivity contribution is 6.00. The number of carbonyl (C=O) groups is 3. The van der Waals surface area contributed by atoms with E-state index in [0.29, 0.717) is 31.3 Å². The molecule has 7 nitrogen and oxygen atoms in total. The van der Waals surface area contributed by atoms with Crippen molar-refractivity contribution in [2.75, 3.05) is 6.54 Å². The molecule has 194 valence electrons. The molecular formula is C29H37NO6. The second-order valence-corrected chi connectivity index (χ2v) is 11.3. The van der Waals surface area contributed by atoms with Crippen LogP contribution in [0.5, 0.6) is 5.75 Å². The van der Waals surface area contributed by atoms with Gasteiger partial charge in [0.05, 0.1) is 18.1 Å². The number of carboxylic acid groups (broad SMARTS) is 1. The van der Waals surface area contributed by atoms with Gasteiger partial charge in [0, 0.05) is 23.5 Å². The number of allylic oxidation sites excluding steroid dienone is 2. The number of aliphatic carboxylic acids is 1. The number of hydrogen-bond donors (Lipinski definition) is 4. The molecule has 0 spiro atoms. The number of benzene rings is 1. The molecule has 1 aromatic rings. The fourth-order valence-electron chi connectivity index (χ4n) is 6.34. The molecule has 4 rings (SSSR count). The van der Waals surface area contributed by atoms with Crippen molar-refractivity contribution in [1.29, 1.82) is 0 Å². The van der Waals surface area contributed by atoms with Crippen molar-refractivity contribution in [2.45, 2.75) is 70.4 Å². The molecule has 1 aromatic carbocycles. The quantitative estimate of drug-likeness (QED) is 0.431. The summed E-state index contributed by atoms with van der Waals surface area (Å²) in [4.78, 5) is 37.6. The lowest BCUT2D eigenvalue weighted by molar-refractivity contribution is -0.144. The lowest BCUT2D eigenvalue weighted by Gasteiger charge is -2.49. The molecule has 0 heterocycles. The van der Waals surface area contributed by atoms with E-state index in [9.17, 15) is 29.7 Å². The molecule has 0 bridgehead atoms. The molecule has 5 atom stereocenters. The zero-order chi connectivity index (χ0) is 26.1. The van der Waals surface area contributed by atoms with Crippen LogP contribution in [0.4, 0.5) is 0 Å². The summed E-state index contributed by atoms with van der Waals surface area (Å²) in [6, 6.07) is 6.59. The first-order valence-corrected chi connectivity index (χ1v) is 13.0. The summed E-state index contributed by atoms with van der Waals surface area (Å²) in [5, 5.41) is 33.8. The van der Waals surface area contributed by atoms with E-state index in [0.717, 1.165) is 24.8 Å². The molecule has 0 aliphatic heterocycles. The molecule has 0 amide bonds. The molecule has 2 saturated carbocycles. The van der Waals surface area contributed by atoms with Gasteiger partial charge >= 0.3 is 5.97 Å². The lowest BCUT2D eigenvalue weighted by Crippen LogP contribution is -2.49. The van der Waals surface area contributed by atoms with Gasteiger partial charge in [-0.3, -0.25) is 14.4 Å². The third-order valence-corrected chi connectivity index (χ3v) is 8.59. The summed E-state index contributed by atoms with van der Waals surface area (Å²) in [6.45, 7) is 4.07. The summed E-state index contributed by atoms with van der Waals surface area (Å²) in [6.07, 6.45) is 9.46. The summed E-state index contributed by atoms with van der Waals surface area (Å²) in [7, 11) is 0. The Morgan fingerprint density at radius 2 is 1.81 bits per heavy atom. The van der Waals surface area contributed by atoms with Crippen molar-refractivity contribution in [2.24, 2.45) is 23.2 Å². The van der Waals surface area contributed by atoms with Gasteiger partial charge in [-0.05, 0) is 61.6 Å². The largest absolute Gasteiger partial charge is 0.508 e. The van der Waals surface area contributed by atoms with E-state index >= 15 is 0 Å². The van der Waals surface area contributed by atoms with Crippen molar-refractivity contribution < 1.29 is 29.7 Å². The number of ketones is 2. The maximum atomic E-state index is 13.6. The summed E-state index contributed by atoms with van der Waals surface area (Å²) < 4.78 is 0. The van der Waals surface area contributed by atoms with Crippen LogP contribution in [0.3, 0.4) is 0 Å². The summed E-state index contributed by atoms with van der Waals surface area (Å²) in [5.41, 5.74) is -0.442. The summed E-state index contributed by atoms with van der Waals surface area (Å²) >= 11 is 0. The molecule has 0 saturated heterocycles. The third kappa shape index (κ3) is 5.18. The monoisotopic (exact) mass is 495 g/mol. The van der Waals surface area contributed by atoms with Crippen molar-refractivity contribution >= 4 is 17.5 Å². The van der Waals surface area contributed by atoms with E-state index < -0.39 is 22.9 Å². The SMILES string of the molecule is CC1(C)CC(C(=O)[C@H]2CCC[C@H]2NCC(=O)C2=CC(C(=O)O)CC=C2)CC[C@]1(O)c1ccc(O)cc1. The molecule has 2 unspecified atom stereocenters. The Labute approximate surface area is 212 Å². The molecular weight excluding hydrogens is 458 g/mol. The highest BCUT2D eigenvalue weighted by Crippen LogP contribution is 2.53. The number of phenols is 1. The van der Waals surface area contributed by atoms with Crippen molar-refractivity contribution in [3.05, 3.63) is 53.6 Å². The normalized spacial score (nSPS) is 31.6. The second kappa shape index (κ2) is 10.3. The molecule has 4 N–H and O–H groups in total. The molecule has 2 fully saturated rings. The lowest BCUT2D eigenvalue weighted by atomic mass is 9.58. The fraction of sp³-hybridized carbons (Fsp3) is 0.552. The zero-order valence-electron chi connectivity index (χ0n) is 21.1. The number of Topliss-reactive ketones (excluding diaryl/α,β-unsaturated/α-hetero) is 2. The minimum Gasteiger partial charge on any atom is -0.508 e. The van der Waals surface area contributed by atoms with Gasteiger partial charge in [-0.1, -0.05) is 50.6 Å². The number of carboxylic acids is 1. The number of rotatable bonds is 8. The summed E-state index contributed by atoms with van der Waals surface area (Å²) in [5.74, 6) is -1.73. The first-order valence-electron chi connectivity index (χ1n) is 13.0. The van der Waals surface area contributed by atoms with E-state index in [1.807, 2.05) is 13.8 Å². The van der Waals surface area contributed by atoms with Gasteiger partial charge < -0.3 is 20.6 Å². The van der Waals surface area contributed by atoms with Crippen LogP contribution in [0.15, 0.2) is 48.1 Å². The van der Waals surface area contributed by atoms with Gasteiger partial charge in [-0.2, -0.15) is 0 Å². The zero-order valence-corrected chi connectivity index (χ0v) is 21.1. The van der Waals surface area contributed by atoms with Crippen LogP contribution in [0.25, 0.3) is 0 Å². The Morgan fingerprint density at radius 3 is 2.47 bits per heavy atom. The van der Waals surface area contributed by atoms with E-state index in [-0.39, 0.29) is 41.7 Å². The average Bonchev–Trinajstić information content (AvgIpc) is 3.32. The number of nitrogens with one attached hydrogen (secondary N) is 1. The van der Waals surface area contributed by atoms with Crippen LogP contribution in [0, 0.1) is 23.2 Å². The first kappa shape index (κ1) is 26.3. The van der Waals surface area contributed by atoms with E-state index in [4.69, 9.17) is 0 Å². The smallest absolute Gasteiger partial charge is 0.310 e. The number of aliphatic hydroxyl groups is 1. The molecule has 3 aliphatic rings. The first-order chi connectivity index (χ1) is 17.0. The fourth-order valence-corrected chi connectivity index (χ4v) is 6.34. The molecule has 0 aromatic heterocycles. The van der Waals surface area contributed by atoms with Gasteiger partial charge in [0.1, 0.15) is 11.5 Å². The van der Waals surface area contributed by atoms with Gasteiger partial charge in [-0.25, -0.2) is 0 Å². The van der Waals surface area contributed by atoms with Crippen LogP contribution in [-0.4, -0.2) is 45.4 Å². The molecule has 3 aliphatic carbocycles. The van der Waals surface area contributed by atoms with Crippen LogP contribution in [-0.2, 0) is 20.0 Å². The van der Waals surface area contributed by atoms with Gasteiger partial charge in [0.15, 0.2) is 5.78 Å². The highest BCUT2D eigenvalue weighted by Gasteiger charge is 2.51. The van der Waals surface area contributed by atoms with E-state index in [1.54, 1.807) is 36.4 Å². The highest BCUT2D eigenvalue weighted by atomic mass is 16.4. The van der Waals surface area contributed by atoms with Gasteiger partial charge in [0.2, 0.25) is 0 Å². The molecule has 36 heavy (non-hydrogen) atoms. The third-order valence-electron chi connectivity index (χ3n) is 8.59. The number of carbonyl (C=O) groups excluding carboxylic acids is 2. The van der Waals surface area contributed by atoms with Crippen LogP contribution in [0.1, 0.15) is 64.4 Å². The van der Waals surface area contributed by atoms with Crippen molar-refractivity contribution in [3.63, 3.8) is 0 Å². The number of hydrogen-bond acceptors (Lipinski definition) is 6. The molecule has 7 heteroatoms. The van der Waals surface area contributed by atoms with Crippen LogP contribution >= 0.6 is 0 Å². The number of phenolic OH excluding ortho intramolecular Hbond substituents is 1. The van der Waals surface area contributed by atoms with E-state index in [1.165, 1.54) is 6.08 Å². The van der Waals surface area contributed by atoms with Crippen molar-refractivity contribution in [1.82, 2.24) is 5.32 Å². The Balaban J connectivity index is 1.38. The average molecular weight is 496 g/mol. The Kier molecular flexibility index (Phi) is 7.53. The van der Waals surface area contributed by atoms with Crippen LogP contribution < -0.4 is 5.32 Å². The van der Waals surface area contributed by atoms with Gasteiger partial charge in [-0.15, -0.1) is 0 Å². The second-order valence-electron chi connectivity index (χ2n) is 11.3. The molecule has 0 radical (unpaired) electrons. The Hall–Kier alpha value is -2.77. The van der Waals surface area contributed by atoms with Crippen LogP contribution in [0.2, 0.25) is 0 Å². The topological polar surface area (TPSA) is 124 Å². The predicted molar refractivity (Wildman–Crippen MR) is 135 cm³/mol. The number of aromatic hydroxyl groups is 1. The standard InChI is InChI=1S/C29H37NO6/c1-28(2)16-20(13-14-29(28,36)21-9-11-22(31)12-10-21)26(33)23-7-4-8-24(23)30-17-25(32)18-5-3-6-19(15-18)27(34)35/h3,5,9-12,15,19-20,23-24,30-31,36H,4,6-8,13-14,16-17H2,1-2H3,(H,34,35)/t19?,20?,23-,24+,29-/m0/s1. The minimum absolute atomic E-state index is 0.0771. The Bertz CT molecular complexity index is 1070.